The van der Waals surface area contributed by atoms with Gasteiger partial charge in [0.1, 0.15) is 0 Å². The molecule has 2 N–H and O–H groups in total. The summed E-state index contributed by atoms with van der Waals surface area (Å²) >= 11 is 5.77. The van der Waals surface area contributed by atoms with Crippen LogP contribution in [-0.4, -0.2) is 26.2 Å². The molecule has 0 aliphatic heterocycles. The van der Waals surface area contributed by atoms with E-state index in [0.29, 0.717) is 10.6 Å². The van der Waals surface area contributed by atoms with E-state index in [9.17, 15) is 13.5 Å². The molecule has 4 nitrogen and oxygen atoms in total. The van der Waals surface area contributed by atoms with Crippen LogP contribution < -0.4 is 4.72 Å². The van der Waals surface area contributed by atoms with Crippen molar-refractivity contribution in [3.63, 3.8) is 0 Å². The molecule has 0 saturated heterocycles. The van der Waals surface area contributed by atoms with Crippen molar-refractivity contribution in [2.45, 2.75) is 44.0 Å². The summed E-state index contributed by atoms with van der Waals surface area (Å²) in [5.41, 5.74) is 0.680. The van der Waals surface area contributed by atoms with E-state index in [0.717, 1.165) is 25.7 Å². The van der Waals surface area contributed by atoms with Gasteiger partial charge in [-0.2, -0.15) is 0 Å². The number of nitrogens with one attached hydrogen (secondary N) is 1. The van der Waals surface area contributed by atoms with Crippen LogP contribution in [0.15, 0.2) is 24.3 Å². The third-order valence-corrected chi connectivity index (χ3v) is 5.55. The molecule has 1 saturated carbocycles. The molecule has 6 heteroatoms. The van der Waals surface area contributed by atoms with Gasteiger partial charge in [0.2, 0.25) is 10.0 Å². The maximum atomic E-state index is 12.0. The predicted octanol–water partition coefficient (Wildman–Crippen LogP) is 2.70. The second-order valence-corrected chi connectivity index (χ2v) is 7.94. The van der Waals surface area contributed by atoms with Crippen LogP contribution in [0.5, 0.6) is 0 Å². The number of aliphatic hydroxyl groups excluding tert-OH is 1. The molecule has 1 aliphatic carbocycles. The molecule has 1 atom stereocenters. The minimum atomic E-state index is -3.43. The van der Waals surface area contributed by atoms with Crippen LogP contribution in [-0.2, 0) is 15.8 Å². The van der Waals surface area contributed by atoms with E-state index < -0.39 is 16.1 Å². The Balaban J connectivity index is 1.84. The highest BCUT2D eigenvalue weighted by Gasteiger charge is 2.23. The quantitative estimate of drug-likeness (QED) is 0.842. The maximum Gasteiger partial charge on any atom is 0.215 e. The van der Waals surface area contributed by atoms with Gasteiger partial charge < -0.3 is 5.11 Å². The summed E-state index contributed by atoms with van der Waals surface area (Å²) in [4.78, 5) is 0. The number of aliphatic hydroxyl groups is 1. The van der Waals surface area contributed by atoms with Crippen molar-refractivity contribution in [1.82, 2.24) is 4.72 Å². The zero-order valence-electron chi connectivity index (χ0n) is 12.0. The first-order chi connectivity index (χ1) is 9.96. The van der Waals surface area contributed by atoms with Crippen LogP contribution in [0.2, 0.25) is 5.02 Å². The van der Waals surface area contributed by atoms with E-state index in [-0.39, 0.29) is 18.2 Å². The van der Waals surface area contributed by atoms with E-state index in [1.807, 2.05) is 0 Å². The lowest BCUT2D eigenvalue weighted by atomic mass is 9.85. The summed E-state index contributed by atoms with van der Waals surface area (Å²) < 4.78 is 26.5. The first kappa shape index (κ1) is 16.7. The predicted molar refractivity (Wildman–Crippen MR) is 84.7 cm³/mol. The zero-order valence-corrected chi connectivity index (χ0v) is 13.5. The minimum absolute atomic E-state index is 0.0957. The van der Waals surface area contributed by atoms with Crippen LogP contribution in [0, 0.1) is 5.92 Å². The highest BCUT2D eigenvalue weighted by Crippen LogP contribution is 2.26. The molecular weight excluding hydrogens is 310 g/mol. The Morgan fingerprint density at radius 2 is 1.81 bits per heavy atom. The smallest absolute Gasteiger partial charge is 0.215 e. The largest absolute Gasteiger partial charge is 0.391 e. The highest BCUT2D eigenvalue weighted by molar-refractivity contribution is 7.88. The van der Waals surface area contributed by atoms with Gasteiger partial charge in [0, 0.05) is 11.6 Å². The molecule has 0 heterocycles. The van der Waals surface area contributed by atoms with E-state index in [4.69, 9.17) is 11.6 Å². The van der Waals surface area contributed by atoms with E-state index in [1.54, 1.807) is 24.3 Å². The molecule has 0 bridgehead atoms. The van der Waals surface area contributed by atoms with Crippen molar-refractivity contribution >= 4 is 21.6 Å². The zero-order chi connectivity index (χ0) is 15.3. The highest BCUT2D eigenvalue weighted by atomic mass is 35.5. The second-order valence-electron chi connectivity index (χ2n) is 5.70. The van der Waals surface area contributed by atoms with Crippen molar-refractivity contribution in [2.24, 2.45) is 5.92 Å². The number of hydrogen-bond donors (Lipinski definition) is 2. The molecule has 118 valence electrons. The lowest BCUT2D eigenvalue weighted by Gasteiger charge is -2.26. The van der Waals surface area contributed by atoms with E-state index in [1.165, 1.54) is 6.42 Å². The normalized spacial score (nSPS) is 18.6. The van der Waals surface area contributed by atoms with Crippen molar-refractivity contribution in [3.05, 3.63) is 34.9 Å². The molecule has 21 heavy (non-hydrogen) atoms. The van der Waals surface area contributed by atoms with Crippen molar-refractivity contribution in [1.29, 1.82) is 0 Å². The summed E-state index contributed by atoms with van der Waals surface area (Å²) in [6.07, 6.45) is 4.84. The van der Waals surface area contributed by atoms with Crippen LogP contribution in [0.4, 0.5) is 0 Å². The van der Waals surface area contributed by atoms with Gasteiger partial charge in [0.15, 0.2) is 0 Å². The van der Waals surface area contributed by atoms with Crippen LogP contribution in [0.1, 0.15) is 37.7 Å². The first-order valence-corrected chi connectivity index (χ1v) is 9.39. The minimum Gasteiger partial charge on any atom is -0.391 e. The molecule has 2 rings (SSSR count). The Kier molecular flexibility index (Phi) is 6.05. The monoisotopic (exact) mass is 331 g/mol. The summed E-state index contributed by atoms with van der Waals surface area (Å²) in [6.45, 7) is 0.0978. The lowest BCUT2D eigenvalue weighted by molar-refractivity contribution is 0.0888. The second kappa shape index (κ2) is 7.58. The van der Waals surface area contributed by atoms with E-state index in [2.05, 4.69) is 4.72 Å². The molecule has 0 radical (unpaired) electrons. The van der Waals surface area contributed by atoms with Gasteiger partial charge >= 0.3 is 0 Å². The standard InChI is InChI=1S/C15H22ClNO3S/c16-14-8-6-12(7-9-14)11-21(19,20)17-10-15(18)13-4-2-1-3-5-13/h6-9,13,15,17-18H,1-5,10-11H2/t15-/m0/s1. The number of hydrogen-bond acceptors (Lipinski definition) is 3. The Morgan fingerprint density at radius 3 is 2.43 bits per heavy atom. The lowest BCUT2D eigenvalue weighted by Crippen LogP contribution is -2.37. The number of sulfonamides is 1. The SMILES string of the molecule is O=S(=O)(Cc1ccc(Cl)cc1)NC[C@H](O)C1CCCCC1. The summed E-state index contributed by atoms with van der Waals surface area (Å²) in [5.74, 6) is 0.124. The van der Waals surface area contributed by atoms with Gasteiger partial charge in [-0.25, -0.2) is 13.1 Å². The molecular formula is C15H22ClNO3S. The maximum absolute atomic E-state index is 12.0. The van der Waals surface area contributed by atoms with Gasteiger partial charge in [-0.3, -0.25) is 0 Å². The number of halogens is 1. The van der Waals surface area contributed by atoms with Gasteiger partial charge in [-0.1, -0.05) is 43.0 Å². The van der Waals surface area contributed by atoms with Gasteiger partial charge in [0.25, 0.3) is 0 Å². The molecule has 1 aromatic carbocycles. The molecule has 1 aromatic rings. The summed E-state index contributed by atoms with van der Waals surface area (Å²) in [7, 11) is -3.43. The number of rotatable bonds is 6. The Hall–Kier alpha value is -0.620. The Bertz CT molecular complexity index is 539. The van der Waals surface area contributed by atoms with Crippen LogP contribution in [0.3, 0.4) is 0 Å². The average Bonchev–Trinajstić information content (AvgIpc) is 2.48. The molecule has 0 spiro atoms. The van der Waals surface area contributed by atoms with Crippen LogP contribution in [0.25, 0.3) is 0 Å². The summed E-state index contributed by atoms with van der Waals surface area (Å²) in [5, 5.41) is 10.7. The van der Waals surface area contributed by atoms with E-state index >= 15 is 0 Å². The van der Waals surface area contributed by atoms with Crippen molar-refractivity contribution < 1.29 is 13.5 Å². The average molecular weight is 332 g/mol. The fourth-order valence-corrected chi connectivity index (χ4v) is 4.03. The molecule has 0 aromatic heterocycles. The van der Waals surface area contributed by atoms with Gasteiger partial charge in [-0.05, 0) is 36.5 Å². The third-order valence-electron chi connectivity index (χ3n) is 3.98. The van der Waals surface area contributed by atoms with Gasteiger partial charge in [-0.15, -0.1) is 0 Å². The first-order valence-electron chi connectivity index (χ1n) is 7.36. The molecule has 1 aliphatic rings. The fraction of sp³-hybridized carbons (Fsp3) is 0.600. The summed E-state index contributed by atoms with van der Waals surface area (Å²) in [6, 6.07) is 6.73. The number of benzene rings is 1. The van der Waals surface area contributed by atoms with Crippen molar-refractivity contribution in [3.8, 4) is 0 Å². The van der Waals surface area contributed by atoms with Gasteiger partial charge in [0.05, 0.1) is 11.9 Å². The van der Waals surface area contributed by atoms with Crippen molar-refractivity contribution in [2.75, 3.05) is 6.54 Å². The molecule has 0 unspecified atom stereocenters. The Labute approximate surface area is 131 Å². The molecule has 0 amide bonds. The fourth-order valence-electron chi connectivity index (χ4n) is 2.75. The third kappa shape index (κ3) is 5.58. The Morgan fingerprint density at radius 1 is 1.19 bits per heavy atom. The molecule has 1 fully saturated rings. The van der Waals surface area contributed by atoms with Crippen LogP contribution >= 0.6 is 11.6 Å². The topological polar surface area (TPSA) is 66.4 Å².